The molecule has 1 aromatic heterocycles. The summed E-state index contributed by atoms with van der Waals surface area (Å²) >= 11 is 1.23. The second-order valence-corrected chi connectivity index (χ2v) is 7.37. The summed E-state index contributed by atoms with van der Waals surface area (Å²) in [6.45, 7) is 1.46. The molecule has 4 rings (SSSR count). The van der Waals surface area contributed by atoms with Gasteiger partial charge in [-0.2, -0.15) is 0 Å². The average Bonchev–Trinajstić information content (AvgIpc) is 3.19. The van der Waals surface area contributed by atoms with Crippen molar-refractivity contribution in [2.75, 3.05) is 18.5 Å². The van der Waals surface area contributed by atoms with Crippen LogP contribution in [0.3, 0.4) is 0 Å². The smallest absolute Gasteiger partial charge is 0.341 e. The molecule has 3 amide bonds. The SMILES string of the molecule is CCOC(=O)c1c(NC(=O)CN2C(=O)c3ccccc3C2=O)sc2ccccc12. The first-order chi connectivity index (χ1) is 14.0. The molecular formula is C21H16N2O5S. The van der Waals surface area contributed by atoms with E-state index in [4.69, 9.17) is 4.74 Å². The average molecular weight is 408 g/mol. The Labute approximate surface area is 169 Å². The number of hydrogen-bond acceptors (Lipinski definition) is 6. The molecule has 1 aliphatic heterocycles. The summed E-state index contributed by atoms with van der Waals surface area (Å²) in [7, 11) is 0. The van der Waals surface area contributed by atoms with Crippen LogP contribution < -0.4 is 5.32 Å². The lowest BCUT2D eigenvalue weighted by Crippen LogP contribution is -2.37. The fourth-order valence-electron chi connectivity index (χ4n) is 3.23. The number of carbonyl (C=O) groups excluding carboxylic acids is 4. The van der Waals surface area contributed by atoms with Gasteiger partial charge in [0.1, 0.15) is 17.1 Å². The lowest BCUT2D eigenvalue weighted by Gasteiger charge is -2.13. The number of rotatable bonds is 5. The van der Waals surface area contributed by atoms with Crippen molar-refractivity contribution in [3.63, 3.8) is 0 Å². The summed E-state index contributed by atoms with van der Waals surface area (Å²) in [5.74, 6) is -2.14. The van der Waals surface area contributed by atoms with Crippen molar-refractivity contribution in [3.8, 4) is 0 Å². The maximum Gasteiger partial charge on any atom is 0.341 e. The van der Waals surface area contributed by atoms with Crippen LogP contribution >= 0.6 is 11.3 Å². The third kappa shape index (κ3) is 3.27. The first-order valence-corrected chi connectivity index (χ1v) is 9.76. The number of benzene rings is 2. The molecule has 0 atom stereocenters. The Kier molecular flexibility index (Phi) is 4.85. The molecule has 0 unspecified atom stereocenters. The zero-order chi connectivity index (χ0) is 20.5. The van der Waals surface area contributed by atoms with Crippen LogP contribution in [0, 0.1) is 0 Å². The van der Waals surface area contributed by atoms with Crippen LogP contribution in [-0.4, -0.2) is 41.7 Å². The van der Waals surface area contributed by atoms with Gasteiger partial charge in [0.25, 0.3) is 11.8 Å². The lowest BCUT2D eigenvalue weighted by atomic mass is 10.1. The van der Waals surface area contributed by atoms with Gasteiger partial charge in [0.2, 0.25) is 5.91 Å². The van der Waals surface area contributed by atoms with Gasteiger partial charge < -0.3 is 10.1 Å². The molecule has 8 heteroatoms. The number of fused-ring (bicyclic) bond motifs is 2. The van der Waals surface area contributed by atoms with E-state index < -0.39 is 30.2 Å². The molecule has 0 bridgehead atoms. The minimum absolute atomic E-state index is 0.200. The Hall–Kier alpha value is -3.52. The Balaban J connectivity index is 1.59. The van der Waals surface area contributed by atoms with Crippen molar-refractivity contribution in [3.05, 3.63) is 65.2 Å². The lowest BCUT2D eigenvalue weighted by molar-refractivity contribution is -0.116. The first kappa shape index (κ1) is 18.8. The van der Waals surface area contributed by atoms with Gasteiger partial charge in [0.15, 0.2) is 0 Å². The second kappa shape index (κ2) is 7.48. The van der Waals surface area contributed by atoms with Crippen LogP contribution in [0.5, 0.6) is 0 Å². The molecule has 0 fully saturated rings. The molecule has 0 radical (unpaired) electrons. The fraction of sp³-hybridized carbons (Fsp3) is 0.143. The van der Waals surface area contributed by atoms with Crippen LogP contribution in [0.25, 0.3) is 10.1 Å². The molecule has 3 aromatic rings. The molecule has 2 aromatic carbocycles. The van der Waals surface area contributed by atoms with Crippen LogP contribution in [0.2, 0.25) is 0 Å². The quantitative estimate of drug-likeness (QED) is 0.516. The molecule has 7 nitrogen and oxygen atoms in total. The Morgan fingerprint density at radius 3 is 2.28 bits per heavy atom. The molecule has 1 aliphatic rings. The van der Waals surface area contributed by atoms with Crippen molar-refractivity contribution in [1.82, 2.24) is 4.90 Å². The number of carbonyl (C=O) groups is 4. The van der Waals surface area contributed by atoms with Crippen molar-refractivity contribution < 1.29 is 23.9 Å². The fourth-order valence-corrected chi connectivity index (χ4v) is 4.34. The van der Waals surface area contributed by atoms with Crippen molar-refractivity contribution >= 4 is 50.1 Å². The maximum absolute atomic E-state index is 12.6. The van der Waals surface area contributed by atoms with Gasteiger partial charge in [-0.3, -0.25) is 19.3 Å². The Morgan fingerprint density at radius 2 is 1.62 bits per heavy atom. The Morgan fingerprint density at radius 1 is 1.00 bits per heavy atom. The van der Waals surface area contributed by atoms with E-state index in [2.05, 4.69) is 5.32 Å². The van der Waals surface area contributed by atoms with Gasteiger partial charge >= 0.3 is 5.97 Å². The van der Waals surface area contributed by atoms with E-state index in [0.29, 0.717) is 10.4 Å². The summed E-state index contributed by atoms with van der Waals surface area (Å²) < 4.78 is 5.94. The molecule has 146 valence electrons. The van der Waals surface area contributed by atoms with E-state index in [-0.39, 0.29) is 23.3 Å². The normalized spacial score (nSPS) is 12.9. The molecule has 0 spiro atoms. The Bertz CT molecular complexity index is 1130. The van der Waals surface area contributed by atoms with Crippen molar-refractivity contribution in [2.24, 2.45) is 0 Å². The largest absolute Gasteiger partial charge is 0.462 e. The minimum atomic E-state index is -0.573. The number of esters is 1. The number of hydrogen-bond donors (Lipinski definition) is 1. The summed E-state index contributed by atoms with van der Waals surface area (Å²) in [5.41, 5.74) is 0.821. The van der Waals surface area contributed by atoms with Crippen LogP contribution in [0.15, 0.2) is 48.5 Å². The summed E-state index contributed by atoms with van der Waals surface area (Å²) in [5, 5.41) is 3.67. The maximum atomic E-state index is 12.6. The monoisotopic (exact) mass is 408 g/mol. The van der Waals surface area contributed by atoms with E-state index in [1.807, 2.05) is 12.1 Å². The van der Waals surface area contributed by atoms with E-state index in [1.165, 1.54) is 11.3 Å². The van der Waals surface area contributed by atoms with E-state index in [9.17, 15) is 19.2 Å². The van der Waals surface area contributed by atoms with Gasteiger partial charge in [-0.05, 0) is 25.1 Å². The van der Waals surface area contributed by atoms with Crippen molar-refractivity contribution in [1.29, 1.82) is 0 Å². The highest BCUT2D eigenvalue weighted by Gasteiger charge is 2.36. The second-order valence-electron chi connectivity index (χ2n) is 6.31. The molecule has 0 saturated heterocycles. The highest BCUT2D eigenvalue weighted by atomic mass is 32.1. The number of imide groups is 1. The molecule has 0 saturated carbocycles. The topological polar surface area (TPSA) is 92.8 Å². The number of nitrogens with zero attached hydrogens (tertiary/aromatic N) is 1. The van der Waals surface area contributed by atoms with E-state index in [1.54, 1.807) is 43.3 Å². The third-order valence-corrected chi connectivity index (χ3v) is 5.59. The van der Waals surface area contributed by atoms with Gasteiger partial charge in [-0.1, -0.05) is 30.3 Å². The summed E-state index contributed by atoms with van der Waals surface area (Å²) in [4.78, 5) is 50.9. The van der Waals surface area contributed by atoms with Crippen LogP contribution in [0.4, 0.5) is 5.00 Å². The van der Waals surface area contributed by atoms with Gasteiger partial charge in [-0.25, -0.2) is 4.79 Å². The standard InChI is InChI=1S/C21H16N2O5S/c1-2-28-21(27)17-14-9-5-6-10-15(14)29-18(17)22-16(24)11-23-19(25)12-7-3-4-8-13(12)20(23)26/h3-10H,2,11H2,1H3,(H,22,24). The third-order valence-electron chi connectivity index (χ3n) is 4.51. The van der Waals surface area contributed by atoms with Gasteiger partial charge in [0, 0.05) is 10.1 Å². The molecule has 1 N–H and O–H groups in total. The van der Waals surface area contributed by atoms with E-state index >= 15 is 0 Å². The predicted octanol–water partition coefficient (Wildman–Crippen LogP) is 3.31. The number of amides is 3. The number of anilines is 1. The zero-order valence-corrected chi connectivity index (χ0v) is 16.2. The van der Waals surface area contributed by atoms with Crippen LogP contribution in [-0.2, 0) is 9.53 Å². The minimum Gasteiger partial charge on any atom is -0.462 e. The van der Waals surface area contributed by atoms with E-state index in [0.717, 1.165) is 9.60 Å². The number of thiophene rings is 1. The summed E-state index contributed by atoms with van der Waals surface area (Å²) in [6, 6.07) is 13.7. The van der Waals surface area contributed by atoms with Crippen molar-refractivity contribution in [2.45, 2.75) is 6.92 Å². The molecular weight excluding hydrogens is 392 g/mol. The number of nitrogens with one attached hydrogen (secondary N) is 1. The molecule has 0 aliphatic carbocycles. The first-order valence-electron chi connectivity index (χ1n) is 8.95. The predicted molar refractivity (Wildman–Crippen MR) is 108 cm³/mol. The van der Waals surface area contributed by atoms with Crippen LogP contribution in [0.1, 0.15) is 38.0 Å². The number of ether oxygens (including phenoxy) is 1. The summed E-state index contributed by atoms with van der Waals surface area (Å²) in [6.07, 6.45) is 0. The molecule has 2 heterocycles. The molecule has 29 heavy (non-hydrogen) atoms. The van der Waals surface area contributed by atoms with Gasteiger partial charge in [0.05, 0.1) is 17.7 Å². The highest BCUT2D eigenvalue weighted by molar-refractivity contribution is 7.23. The van der Waals surface area contributed by atoms with Gasteiger partial charge in [-0.15, -0.1) is 11.3 Å². The highest BCUT2D eigenvalue weighted by Crippen LogP contribution is 2.36. The zero-order valence-electron chi connectivity index (χ0n) is 15.4.